The highest BCUT2D eigenvalue weighted by Crippen LogP contribution is 2.28. The number of tetrazole rings is 1. The van der Waals surface area contributed by atoms with E-state index in [9.17, 15) is 4.79 Å². The van der Waals surface area contributed by atoms with Gasteiger partial charge in [-0.1, -0.05) is 6.07 Å². The Morgan fingerprint density at radius 1 is 1.53 bits per heavy atom. The van der Waals surface area contributed by atoms with Gasteiger partial charge in [0.1, 0.15) is 5.75 Å². The predicted octanol–water partition coefficient (Wildman–Crippen LogP) is 1.36. The van der Waals surface area contributed by atoms with Gasteiger partial charge in [0, 0.05) is 0 Å². The Morgan fingerprint density at radius 3 is 3.00 bits per heavy atom. The molecule has 0 aliphatic heterocycles. The third-order valence-electron chi connectivity index (χ3n) is 2.02. The Kier molecular flexibility index (Phi) is 3.48. The van der Waals surface area contributed by atoms with Crippen LogP contribution >= 0.6 is 15.9 Å². The maximum atomic E-state index is 10.8. The normalized spacial score (nSPS) is 10.2. The van der Waals surface area contributed by atoms with E-state index in [0.29, 0.717) is 21.6 Å². The van der Waals surface area contributed by atoms with Crippen LogP contribution in [0.25, 0.3) is 0 Å². The third kappa shape index (κ3) is 2.68. The fraction of sp³-hybridized carbons (Fsp3) is 0.200. The Morgan fingerprint density at radius 2 is 2.35 bits per heavy atom. The topological polar surface area (TPSA) is 69.9 Å². The summed E-state index contributed by atoms with van der Waals surface area (Å²) in [7, 11) is 1.67. The lowest BCUT2D eigenvalue weighted by Gasteiger charge is -2.07. The van der Waals surface area contributed by atoms with Gasteiger partial charge in [-0.2, -0.15) is 4.80 Å². The van der Waals surface area contributed by atoms with Gasteiger partial charge in [0.15, 0.2) is 12.9 Å². The lowest BCUT2D eigenvalue weighted by Crippen LogP contribution is -2.01. The second-order valence-electron chi connectivity index (χ2n) is 3.26. The lowest BCUT2D eigenvalue weighted by atomic mass is 10.2. The minimum Gasteiger partial charge on any atom is -0.484 e. The van der Waals surface area contributed by atoms with Crippen LogP contribution < -0.4 is 4.74 Å². The molecule has 2 rings (SSSR count). The standard InChI is InChI=1S/C10H9BrN4O2/c1-15-13-9(12-14-15)6-17-10-7(5-16)3-2-4-8(10)11/h2-5H,6H2,1H3. The molecule has 0 aliphatic carbocycles. The van der Waals surface area contributed by atoms with Crippen molar-refractivity contribution >= 4 is 22.2 Å². The summed E-state index contributed by atoms with van der Waals surface area (Å²) in [4.78, 5) is 12.2. The van der Waals surface area contributed by atoms with E-state index in [1.54, 1.807) is 25.2 Å². The largest absolute Gasteiger partial charge is 0.484 e. The highest BCUT2D eigenvalue weighted by Gasteiger charge is 2.09. The first-order valence-corrected chi connectivity index (χ1v) is 5.59. The van der Waals surface area contributed by atoms with Gasteiger partial charge >= 0.3 is 0 Å². The molecular formula is C10H9BrN4O2. The smallest absolute Gasteiger partial charge is 0.212 e. The maximum Gasteiger partial charge on any atom is 0.212 e. The summed E-state index contributed by atoms with van der Waals surface area (Å²) in [6, 6.07) is 5.24. The summed E-state index contributed by atoms with van der Waals surface area (Å²) in [5.74, 6) is 0.940. The third-order valence-corrected chi connectivity index (χ3v) is 2.64. The number of aldehydes is 1. The summed E-state index contributed by atoms with van der Waals surface area (Å²) < 4.78 is 6.22. The van der Waals surface area contributed by atoms with Crippen LogP contribution in [-0.2, 0) is 13.7 Å². The SMILES string of the molecule is Cn1nnc(COc2c(Br)cccc2C=O)n1. The fourth-order valence-electron chi connectivity index (χ4n) is 1.29. The second kappa shape index (κ2) is 5.05. The average molecular weight is 297 g/mol. The summed E-state index contributed by atoms with van der Waals surface area (Å²) in [6.45, 7) is 0.164. The minimum atomic E-state index is 0.164. The molecule has 17 heavy (non-hydrogen) atoms. The highest BCUT2D eigenvalue weighted by molar-refractivity contribution is 9.10. The van der Waals surface area contributed by atoms with E-state index in [0.717, 1.165) is 6.29 Å². The van der Waals surface area contributed by atoms with E-state index >= 15 is 0 Å². The molecule has 6 nitrogen and oxygen atoms in total. The van der Waals surface area contributed by atoms with Crippen molar-refractivity contribution in [3.8, 4) is 5.75 Å². The quantitative estimate of drug-likeness (QED) is 0.797. The van der Waals surface area contributed by atoms with E-state index < -0.39 is 0 Å². The average Bonchev–Trinajstić information content (AvgIpc) is 2.73. The number of hydrogen-bond donors (Lipinski definition) is 0. The van der Waals surface area contributed by atoms with E-state index in [-0.39, 0.29) is 6.61 Å². The number of hydrogen-bond acceptors (Lipinski definition) is 5. The Labute approximate surface area is 106 Å². The molecule has 0 saturated heterocycles. The molecule has 0 saturated carbocycles. The van der Waals surface area contributed by atoms with Crippen LogP contribution in [0.4, 0.5) is 0 Å². The van der Waals surface area contributed by atoms with Crippen LogP contribution in [0.3, 0.4) is 0 Å². The predicted molar refractivity (Wildman–Crippen MR) is 62.7 cm³/mol. The van der Waals surface area contributed by atoms with Crippen LogP contribution in [0.1, 0.15) is 16.2 Å². The first-order chi connectivity index (χ1) is 8.20. The van der Waals surface area contributed by atoms with Crippen molar-refractivity contribution < 1.29 is 9.53 Å². The van der Waals surface area contributed by atoms with Gasteiger partial charge in [0.25, 0.3) is 0 Å². The molecule has 88 valence electrons. The number of nitrogens with zero attached hydrogens (tertiary/aromatic N) is 4. The fourth-order valence-corrected chi connectivity index (χ4v) is 1.78. The first-order valence-electron chi connectivity index (χ1n) is 4.80. The molecule has 0 fully saturated rings. The molecule has 1 aromatic carbocycles. The minimum absolute atomic E-state index is 0.164. The zero-order valence-corrected chi connectivity index (χ0v) is 10.6. The van der Waals surface area contributed by atoms with E-state index in [1.165, 1.54) is 4.80 Å². The summed E-state index contributed by atoms with van der Waals surface area (Å²) in [5, 5.41) is 11.5. The van der Waals surface area contributed by atoms with Gasteiger partial charge in [-0.3, -0.25) is 4.79 Å². The number of carbonyl (C=O) groups is 1. The number of benzene rings is 1. The molecular weight excluding hydrogens is 288 g/mol. The monoisotopic (exact) mass is 296 g/mol. The first kappa shape index (κ1) is 11.7. The van der Waals surface area contributed by atoms with Crippen molar-refractivity contribution in [3.05, 3.63) is 34.1 Å². The zero-order chi connectivity index (χ0) is 12.3. The van der Waals surface area contributed by atoms with E-state index in [4.69, 9.17) is 4.74 Å². The summed E-state index contributed by atoms with van der Waals surface area (Å²) in [5.41, 5.74) is 0.475. The molecule has 0 atom stereocenters. The van der Waals surface area contributed by atoms with Crippen molar-refractivity contribution in [1.82, 2.24) is 20.2 Å². The molecule has 0 unspecified atom stereocenters. The molecule has 7 heteroatoms. The molecule has 0 bridgehead atoms. The molecule has 0 amide bonds. The molecule has 0 N–H and O–H groups in total. The van der Waals surface area contributed by atoms with Crippen molar-refractivity contribution in [2.45, 2.75) is 6.61 Å². The zero-order valence-electron chi connectivity index (χ0n) is 9.00. The number of ether oxygens (including phenoxy) is 1. The van der Waals surface area contributed by atoms with Gasteiger partial charge < -0.3 is 4.74 Å². The maximum absolute atomic E-state index is 10.8. The molecule has 2 aromatic rings. The van der Waals surface area contributed by atoms with Crippen molar-refractivity contribution in [2.75, 3.05) is 0 Å². The lowest BCUT2D eigenvalue weighted by molar-refractivity contribution is 0.111. The van der Waals surface area contributed by atoms with Gasteiger partial charge in [0.2, 0.25) is 5.82 Å². The number of carbonyl (C=O) groups excluding carboxylic acids is 1. The van der Waals surface area contributed by atoms with Crippen LogP contribution in [0.5, 0.6) is 5.75 Å². The number of halogens is 1. The van der Waals surface area contributed by atoms with Gasteiger partial charge in [0.05, 0.1) is 17.1 Å². The highest BCUT2D eigenvalue weighted by atomic mass is 79.9. The van der Waals surface area contributed by atoms with Crippen LogP contribution in [0.2, 0.25) is 0 Å². The summed E-state index contributed by atoms with van der Waals surface area (Å²) >= 11 is 3.32. The molecule has 0 spiro atoms. The Balaban J connectivity index is 2.16. The van der Waals surface area contributed by atoms with Crippen LogP contribution in [0.15, 0.2) is 22.7 Å². The number of para-hydroxylation sites is 1. The van der Waals surface area contributed by atoms with Gasteiger partial charge in [-0.15, -0.1) is 10.2 Å². The van der Waals surface area contributed by atoms with E-state index in [2.05, 4.69) is 31.3 Å². The molecule has 1 heterocycles. The molecule has 0 radical (unpaired) electrons. The van der Waals surface area contributed by atoms with Crippen LogP contribution in [-0.4, -0.2) is 26.5 Å². The number of aromatic nitrogens is 4. The Bertz CT molecular complexity index is 541. The summed E-state index contributed by atoms with van der Waals surface area (Å²) in [6.07, 6.45) is 0.740. The van der Waals surface area contributed by atoms with Crippen LogP contribution in [0, 0.1) is 0 Å². The molecule has 0 aliphatic rings. The molecule has 1 aromatic heterocycles. The van der Waals surface area contributed by atoms with Gasteiger partial charge in [-0.05, 0) is 33.3 Å². The van der Waals surface area contributed by atoms with Crippen molar-refractivity contribution in [2.24, 2.45) is 7.05 Å². The van der Waals surface area contributed by atoms with Crippen molar-refractivity contribution in [1.29, 1.82) is 0 Å². The second-order valence-corrected chi connectivity index (χ2v) is 4.11. The number of rotatable bonds is 4. The van der Waals surface area contributed by atoms with Gasteiger partial charge in [-0.25, -0.2) is 0 Å². The van der Waals surface area contributed by atoms with Crippen molar-refractivity contribution in [3.63, 3.8) is 0 Å². The Hall–Kier alpha value is -1.76. The van der Waals surface area contributed by atoms with E-state index in [1.807, 2.05) is 0 Å². The number of aryl methyl sites for hydroxylation is 1.